The van der Waals surface area contributed by atoms with Crippen LogP contribution < -0.4 is 15.4 Å². The van der Waals surface area contributed by atoms with Gasteiger partial charge in [0, 0.05) is 36.3 Å². The van der Waals surface area contributed by atoms with Gasteiger partial charge in [-0.1, -0.05) is 12.1 Å². The first-order chi connectivity index (χ1) is 11.7. The third-order valence-corrected chi connectivity index (χ3v) is 3.83. The summed E-state index contributed by atoms with van der Waals surface area (Å²) in [5.41, 5.74) is 1.69. The normalized spacial score (nSPS) is 18.8. The summed E-state index contributed by atoms with van der Waals surface area (Å²) in [6, 6.07) is 10.8. The van der Waals surface area contributed by atoms with E-state index in [1.54, 1.807) is 12.4 Å². The number of halogens is 2. The number of anilines is 1. The Labute approximate surface area is 165 Å². The van der Waals surface area contributed by atoms with E-state index in [1.807, 2.05) is 43.3 Å². The monoisotopic (exact) mass is 399 g/mol. The molecule has 0 aliphatic carbocycles. The number of benzene rings is 1. The molecule has 0 saturated carbocycles. The molecular weight excluding hydrogens is 377 g/mol. The fourth-order valence-corrected chi connectivity index (χ4v) is 2.56. The molecule has 2 N–H and O–H groups in total. The molecule has 6 nitrogen and oxygen atoms in total. The number of pyridine rings is 1. The van der Waals surface area contributed by atoms with Crippen molar-refractivity contribution < 1.29 is 14.3 Å². The van der Waals surface area contributed by atoms with Gasteiger partial charge in [0.1, 0.15) is 18.4 Å². The molecule has 2 aromatic rings. The van der Waals surface area contributed by atoms with Crippen molar-refractivity contribution in [2.24, 2.45) is 0 Å². The first kappa shape index (κ1) is 22.2. The van der Waals surface area contributed by atoms with Crippen molar-refractivity contribution in [3.05, 3.63) is 54.4 Å². The lowest BCUT2D eigenvalue weighted by atomic mass is 10.1. The van der Waals surface area contributed by atoms with E-state index >= 15 is 0 Å². The van der Waals surface area contributed by atoms with Crippen LogP contribution in [0.3, 0.4) is 0 Å². The lowest BCUT2D eigenvalue weighted by Gasteiger charge is -2.29. The van der Waals surface area contributed by atoms with E-state index in [2.05, 4.69) is 15.6 Å². The maximum atomic E-state index is 12.4. The van der Waals surface area contributed by atoms with Crippen LogP contribution >= 0.6 is 24.8 Å². The van der Waals surface area contributed by atoms with Gasteiger partial charge in [0.05, 0.1) is 12.7 Å². The van der Waals surface area contributed by atoms with Gasteiger partial charge < -0.3 is 20.1 Å². The topological polar surface area (TPSA) is 72.5 Å². The van der Waals surface area contributed by atoms with Crippen LogP contribution in [0, 0.1) is 0 Å². The van der Waals surface area contributed by atoms with Gasteiger partial charge in [-0.15, -0.1) is 24.8 Å². The second-order valence-corrected chi connectivity index (χ2v) is 5.67. The molecule has 8 heteroatoms. The summed E-state index contributed by atoms with van der Waals surface area (Å²) in [5, 5.41) is 6.08. The summed E-state index contributed by atoms with van der Waals surface area (Å²) in [6.45, 7) is 3.63. The Morgan fingerprint density at radius 3 is 2.92 bits per heavy atom. The van der Waals surface area contributed by atoms with Crippen LogP contribution in [-0.2, 0) is 16.1 Å². The van der Waals surface area contributed by atoms with Crippen LogP contribution in [-0.4, -0.2) is 36.2 Å². The Morgan fingerprint density at radius 1 is 1.35 bits per heavy atom. The summed E-state index contributed by atoms with van der Waals surface area (Å²) in [6.07, 6.45) is 3.34. The summed E-state index contributed by atoms with van der Waals surface area (Å²) >= 11 is 0. The van der Waals surface area contributed by atoms with Gasteiger partial charge in [-0.2, -0.15) is 0 Å². The number of hydrogen-bond acceptors (Lipinski definition) is 5. The van der Waals surface area contributed by atoms with Crippen molar-refractivity contribution in [3.63, 3.8) is 0 Å². The molecule has 2 atom stereocenters. The van der Waals surface area contributed by atoms with Crippen molar-refractivity contribution in [1.29, 1.82) is 0 Å². The van der Waals surface area contributed by atoms with Crippen molar-refractivity contribution in [2.45, 2.75) is 25.7 Å². The number of amides is 1. The number of carbonyl (C=O) groups is 1. The first-order valence-electron chi connectivity index (χ1n) is 8.00. The average molecular weight is 400 g/mol. The van der Waals surface area contributed by atoms with Gasteiger partial charge in [0.2, 0.25) is 5.91 Å². The Kier molecular flexibility index (Phi) is 9.37. The molecule has 0 radical (unpaired) electrons. The van der Waals surface area contributed by atoms with Crippen LogP contribution in [0.4, 0.5) is 5.69 Å². The Bertz CT molecular complexity index is 688. The predicted octanol–water partition coefficient (Wildman–Crippen LogP) is 2.82. The van der Waals surface area contributed by atoms with Crippen LogP contribution in [0.1, 0.15) is 12.5 Å². The largest absolute Gasteiger partial charge is 0.489 e. The molecule has 1 aliphatic heterocycles. The van der Waals surface area contributed by atoms with E-state index in [0.29, 0.717) is 31.2 Å². The van der Waals surface area contributed by atoms with Crippen LogP contribution in [0.15, 0.2) is 48.8 Å². The smallest absolute Gasteiger partial charge is 0.244 e. The van der Waals surface area contributed by atoms with E-state index in [4.69, 9.17) is 9.47 Å². The van der Waals surface area contributed by atoms with Gasteiger partial charge >= 0.3 is 0 Å². The molecule has 1 aromatic heterocycles. The SMILES string of the molecule is C[C@H]1OCCN[C@@H]1C(=O)Nc1cccc(OCc2cccnc2)c1.Cl.Cl. The first-order valence-corrected chi connectivity index (χ1v) is 8.00. The summed E-state index contributed by atoms with van der Waals surface area (Å²) < 4.78 is 11.3. The summed E-state index contributed by atoms with van der Waals surface area (Å²) in [5.74, 6) is 0.587. The molecule has 1 aromatic carbocycles. The highest BCUT2D eigenvalue weighted by atomic mass is 35.5. The molecule has 26 heavy (non-hydrogen) atoms. The Balaban J connectivity index is 0.00000169. The Morgan fingerprint density at radius 2 is 2.19 bits per heavy atom. The lowest BCUT2D eigenvalue weighted by molar-refractivity contribution is -0.123. The minimum atomic E-state index is -0.348. The van der Waals surface area contributed by atoms with Crippen LogP contribution in [0.5, 0.6) is 5.75 Å². The van der Waals surface area contributed by atoms with Crippen molar-refractivity contribution in [2.75, 3.05) is 18.5 Å². The van der Waals surface area contributed by atoms with E-state index in [9.17, 15) is 4.79 Å². The Hall–Kier alpha value is -1.86. The third kappa shape index (κ3) is 6.14. The molecular formula is C18H23Cl2N3O3. The molecule has 1 amide bonds. The second kappa shape index (κ2) is 11.0. The minimum Gasteiger partial charge on any atom is -0.489 e. The second-order valence-electron chi connectivity index (χ2n) is 5.67. The fraction of sp³-hybridized carbons (Fsp3) is 0.333. The maximum Gasteiger partial charge on any atom is 0.244 e. The number of nitrogens with zero attached hydrogens (tertiary/aromatic N) is 1. The van der Waals surface area contributed by atoms with E-state index in [0.717, 1.165) is 5.56 Å². The van der Waals surface area contributed by atoms with E-state index in [1.165, 1.54) is 0 Å². The van der Waals surface area contributed by atoms with Crippen LogP contribution in [0.25, 0.3) is 0 Å². The number of hydrogen-bond donors (Lipinski definition) is 2. The lowest BCUT2D eigenvalue weighted by Crippen LogP contribution is -2.53. The molecule has 3 rings (SSSR count). The number of rotatable bonds is 5. The highest BCUT2D eigenvalue weighted by Gasteiger charge is 2.28. The number of morpholine rings is 1. The van der Waals surface area contributed by atoms with E-state index in [-0.39, 0.29) is 42.9 Å². The number of ether oxygens (including phenoxy) is 2. The molecule has 1 aliphatic rings. The number of nitrogens with one attached hydrogen (secondary N) is 2. The minimum absolute atomic E-state index is 0. The van der Waals surface area contributed by atoms with Gasteiger partial charge in [-0.05, 0) is 25.1 Å². The zero-order chi connectivity index (χ0) is 16.8. The number of carbonyl (C=O) groups excluding carboxylic acids is 1. The zero-order valence-corrected chi connectivity index (χ0v) is 16.0. The molecule has 0 bridgehead atoms. The average Bonchev–Trinajstić information content (AvgIpc) is 2.61. The summed E-state index contributed by atoms with van der Waals surface area (Å²) in [7, 11) is 0. The molecule has 0 spiro atoms. The van der Waals surface area contributed by atoms with Gasteiger partial charge in [-0.25, -0.2) is 0 Å². The van der Waals surface area contributed by atoms with E-state index < -0.39 is 0 Å². The third-order valence-electron chi connectivity index (χ3n) is 3.83. The molecule has 142 valence electrons. The summed E-state index contributed by atoms with van der Waals surface area (Å²) in [4.78, 5) is 16.4. The van der Waals surface area contributed by atoms with Crippen molar-refractivity contribution in [3.8, 4) is 5.75 Å². The molecule has 0 unspecified atom stereocenters. The zero-order valence-electron chi connectivity index (χ0n) is 14.4. The highest BCUT2D eigenvalue weighted by molar-refractivity contribution is 5.95. The fourth-order valence-electron chi connectivity index (χ4n) is 2.56. The standard InChI is InChI=1S/C18H21N3O3.2ClH/c1-13-17(20-8-9-23-13)18(22)21-15-5-2-6-16(10-15)24-12-14-4-3-7-19-11-14;;/h2-7,10-11,13,17,20H,8-9,12H2,1H3,(H,21,22);2*1H/t13-,17+;;/m1../s1. The van der Waals surface area contributed by atoms with Gasteiger partial charge in [0.25, 0.3) is 0 Å². The number of aromatic nitrogens is 1. The van der Waals surface area contributed by atoms with Gasteiger partial charge in [0.15, 0.2) is 0 Å². The quantitative estimate of drug-likeness (QED) is 0.808. The highest BCUT2D eigenvalue weighted by Crippen LogP contribution is 2.19. The van der Waals surface area contributed by atoms with Crippen LogP contribution in [0.2, 0.25) is 0 Å². The molecule has 2 heterocycles. The van der Waals surface area contributed by atoms with Gasteiger partial charge in [-0.3, -0.25) is 9.78 Å². The molecule has 1 saturated heterocycles. The van der Waals surface area contributed by atoms with Crippen molar-refractivity contribution in [1.82, 2.24) is 10.3 Å². The molecule has 1 fully saturated rings. The predicted molar refractivity (Wildman–Crippen MR) is 105 cm³/mol. The maximum absolute atomic E-state index is 12.4. The van der Waals surface area contributed by atoms with Crippen molar-refractivity contribution >= 4 is 36.4 Å².